The Balaban J connectivity index is -0.000000125. The van der Waals surface area contributed by atoms with Crippen LogP contribution in [0.3, 0.4) is 0 Å². The van der Waals surface area contributed by atoms with Crippen LogP contribution in [0.4, 0.5) is 0 Å². The predicted molar refractivity (Wildman–Crippen MR) is 39.0 cm³/mol. The molecule has 0 fully saturated rings. The van der Waals surface area contributed by atoms with Crippen LogP contribution in [0.2, 0.25) is 0 Å². The molecule has 0 spiro atoms. The molecule has 0 rings (SSSR count). The van der Waals surface area contributed by atoms with E-state index in [0.717, 1.165) is 0 Å². The molecule has 0 aliphatic heterocycles. The van der Waals surface area contributed by atoms with Crippen LogP contribution in [0.1, 0.15) is 28.2 Å². The van der Waals surface area contributed by atoms with Crippen molar-refractivity contribution in [3.63, 3.8) is 0 Å². The van der Waals surface area contributed by atoms with Gasteiger partial charge in [0.05, 0.1) is 0 Å². The average molecular weight is 116 g/mol. The Morgan fingerprint density at radius 2 is 2.00 bits per heavy atom. The minimum atomic E-state index is 0. The summed E-state index contributed by atoms with van der Waals surface area (Å²) < 4.78 is 0. The van der Waals surface area contributed by atoms with Crippen LogP contribution >= 0.6 is 0 Å². The van der Waals surface area contributed by atoms with Gasteiger partial charge in [0.2, 0.25) is 0 Å². The maximum atomic E-state index is 9.97. The summed E-state index contributed by atoms with van der Waals surface area (Å²) in [6, 6.07) is 0. The Bertz CT molecular complexity index is 64.8. The first-order chi connectivity index (χ1) is 2.77. The number of ketones is 1. The highest BCUT2D eigenvalue weighted by Crippen LogP contribution is 1.77. The van der Waals surface area contributed by atoms with E-state index in [2.05, 4.69) is 6.58 Å². The summed E-state index contributed by atoms with van der Waals surface area (Å²) in [6.45, 7) is 4.92. The third-order valence-electron chi connectivity index (χ3n) is 0.432. The smallest absolute Gasteiger partial charge is 0.133 e. The summed E-state index contributed by atoms with van der Waals surface area (Å²) >= 11 is 0. The molecular formula is C7H16O. The highest BCUT2D eigenvalue weighted by atomic mass is 16.1. The summed E-state index contributed by atoms with van der Waals surface area (Å²) in [6.07, 6.45) is 2.10. The van der Waals surface area contributed by atoms with Gasteiger partial charge in [-0.2, -0.15) is 0 Å². The Morgan fingerprint density at radius 3 is 2.00 bits per heavy atom. The van der Waals surface area contributed by atoms with E-state index in [0.29, 0.717) is 6.42 Å². The van der Waals surface area contributed by atoms with Crippen LogP contribution in [0.15, 0.2) is 12.7 Å². The van der Waals surface area contributed by atoms with Gasteiger partial charge in [0.25, 0.3) is 0 Å². The van der Waals surface area contributed by atoms with E-state index in [-0.39, 0.29) is 20.6 Å². The van der Waals surface area contributed by atoms with Crippen molar-refractivity contribution in [2.24, 2.45) is 0 Å². The van der Waals surface area contributed by atoms with Crippen LogP contribution in [-0.2, 0) is 4.79 Å². The van der Waals surface area contributed by atoms with Gasteiger partial charge in [-0.05, 0) is 6.92 Å². The summed E-state index contributed by atoms with van der Waals surface area (Å²) in [4.78, 5) is 9.97. The number of carbonyl (C=O) groups excluding carboxylic acids is 1. The highest BCUT2D eigenvalue weighted by Gasteiger charge is 1.80. The molecule has 0 aromatic carbocycles. The predicted octanol–water partition coefficient (Wildman–Crippen LogP) is 2.42. The molecule has 0 saturated heterocycles. The number of Topliss-reactive ketones (excluding diaryl/α,β-unsaturated/α-hetero) is 1. The van der Waals surface area contributed by atoms with Crippen molar-refractivity contribution in [3.8, 4) is 0 Å². The maximum absolute atomic E-state index is 9.97. The van der Waals surface area contributed by atoms with Crippen LogP contribution in [-0.4, -0.2) is 5.78 Å². The first-order valence-corrected chi connectivity index (χ1v) is 1.87. The van der Waals surface area contributed by atoms with E-state index in [1.807, 2.05) is 0 Å². The molecule has 0 saturated carbocycles. The van der Waals surface area contributed by atoms with Gasteiger partial charge in [-0.3, -0.25) is 4.79 Å². The molecule has 0 atom stereocenters. The lowest BCUT2D eigenvalue weighted by Gasteiger charge is -1.75. The zero-order valence-electron chi connectivity index (χ0n) is 3.90. The van der Waals surface area contributed by atoms with Crippen molar-refractivity contribution in [1.29, 1.82) is 0 Å². The van der Waals surface area contributed by atoms with Gasteiger partial charge < -0.3 is 0 Å². The van der Waals surface area contributed by atoms with Crippen molar-refractivity contribution in [1.82, 2.24) is 0 Å². The van der Waals surface area contributed by atoms with E-state index < -0.39 is 0 Å². The average Bonchev–Trinajstić information content (AvgIpc) is 1.35. The summed E-state index contributed by atoms with van der Waals surface area (Å²) in [5.74, 6) is 0.171. The molecule has 0 N–H and O–H groups in total. The monoisotopic (exact) mass is 116 g/mol. The molecule has 1 heteroatoms. The fourth-order valence-electron chi connectivity index (χ4n) is 0.203. The van der Waals surface area contributed by atoms with Crippen LogP contribution in [0.25, 0.3) is 0 Å². The normalized spacial score (nSPS) is 5.62. The lowest BCUT2D eigenvalue weighted by molar-refractivity contribution is -0.116. The van der Waals surface area contributed by atoms with Gasteiger partial charge >= 0.3 is 0 Å². The number of hydrogen-bond acceptors (Lipinski definition) is 1. The molecule has 50 valence electrons. The van der Waals surface area contributed by atoms with Crippen molar-refractivity contribution < 1.29 is 4.79 Å². The van der Waals surface area contributed by atoms with Crippen molar-refractivity contribution >= 4 is 5.78 Å². The summed E-state index contributed by atoms with van der Waals surface area (Å²) in [7, 11) is 0. The molecule has 0 aliphatic rings. The van der Waals surface area contributed by atoms with Gasteiger partial charge in [0.15, 0.2) is 0 Å². The summed E-state index contributed by atoms with van der Waals surface area (Å²) in [5.41, 5.74) is 0. The molecular weight excluding hydrogens is 100 g/mol. The third kappa shape index (κ3) is 18.1. The van der Waals surface area contributed by atoms with Crippen molar-refractivity contribution in [3.05, 3.63) is 12.7 Å². The molecule has 0 amide bonds. The van der Waals surface area contributed by atoms with E-state index in [1.165, 1.54) is 0 Å². The third-order valence-corrected chi connectivity index (χ3v) is 0.432. The summed E-state index contributed by atoms with van der Waals surface area (Å²) in [5, 5.41) is 0. The van der Waals surface area contributed by atoms with Crippen molar-refractivity contribution in [2.45, 2.75) is 28.2 Å². The van der Waals surface area contributed by atoms with Crippen LogP contribution in [0, 0.1) is 0 Å². The minimum absolute atomic E-state index is 0. The SMILES string of the molecule is C.C.C=CCC(C)=O. The van der Waals surface area contributed by atoms with E-state index in [9.17, 15) is 4.79 Å². The standard InChI is InChI=1S/C5H8O.2CH4/c1-3-4-5(2)6;;/h3H,1,4H2,2H3;2*1H4. The largest absolute Gasteiger partial charge is 0.300 e. The lowest BCUT2D eigenvalue weighted by Crippen LogP contribution is -1.81. The van der Waals surface area contributed by atoms with Gasteiger partial charge in [-0.1, -0.05) is 20.9 Å². The van der Waals surface area contributed by atoms with Crippen LogP contribution in [0.5, 0.6) is 0 Å². The van der Waals surface area contributed by atoms with E-state index in [1.54, 1.807) is 13.0 Å². The Morgan fingerprint density at radius 1 is 1.62 bits per heavy atom. The zero-order chi connectivity index (χ0) is 4.99. The lowest BCUT2D eigenvalue weighted by atomic mass is 10.3. The quantitative estimate of drug-likeness (QED) is 0.506. The molecule has 1 nitrogen and oxygen atoms in total. The Kier molecular flexibility index (Phi) is 18.9. The van der Waals surface area contributed by atoms with Gasteiger partial charge in [0, 0.05) is 6.42 Å². The second-order valence-electron chi connectivity index (χ2n) is 1.19. The first-order valence-electron chi connectivity index (χ1n) is 1.87. The fraction of sp³-hybridized carbons (Fsp3) is 0.571. The van der Waals surface area contributed by atoms with E-state index >= 15 is 0 Å². The second kappa shape index (κ2) is 9.65. The number of hydrogen-bond donors (Lipinski definition) is 0. The second-order valence-corrected chi connectivity index (χ2v) is 1.19. The first kappa shape index (κ1) is 15.7. The van der Waals surface area contributed by atoms with Gasteiger partial charge in [0.1, 0.15) is 5.78 Å². The molecule has 0 unspecified atom stereocenters. The topological polar surface area (TPSA) is 17.1 Å². The minimum Gasteiger partial charge on any atom is -0.300 e. The Hall–Kier alpha value is -0.590. The number of carbonyl (C=O) groups is 1. The van der Waals surface area contributed by atoms with Crippen LogP contribution < -0.4 is 0 Å². The zero-order valence-corrected chi connectivity index (χ0v) is 3.90. The molecule has 0 bridgehead atoms. The van der Waals surface area contributed by atoms with Gasteiger partial charge in [-0.25, -0.2) is 0 Å². The molecule has 0 aromatic rings. The van der Waals surface area contributed by atoms with E-state index in [4.69, 9.17) is 0 Å². The molecule has 0 aliphatic carbocycles. The molecule has 0 heterocycles. The molecule has 8 heavy (non-hydrogen) atoms. The molecule has 0 aromatic heterocycles. The molecule has 0 radical (unpaired) electrons. The van der Waals surface area contributed by atoms with Gasteiger partial charge in [-0.15, -0.1) is 6.58 Å². The fourth-order valence-corrected chi connectivity index (χ4v) is 0.203. The van der Waals surface area contributed by atoms with Crippen molar-refractivity contribution in [2.75, 3.05) is 0 Å². The number of allylic oxidation sites excluding steroid dienone is 1. The number of rotatable bonds is 2. The maximum Gasteiger partial charge on any atom is 0.133 e. The highest BCUT2D eigenvalue weighted by molar-refractivity contribution is 5.76. The Labute approximate surface area is 52.4 Å².